The third-order valence-corrected chi connectivity index (χ3v) is 5.25. The van der Waals surface area contributed by atoms with Crippen LogP contribution >= 0.6 is 23.8 Å². The number of rotatable bonds is 4. The average molecular weight is 341 g/mol. The fourth-order valence-electron chi connectivity index (χ4n) is 1.76. The first-order valence-electron chi connectivity index (χ1n) is 5.97. The fourth-order valence-corrected chi connectivity index (χ4v) is 3.20. The Balaban J connectivity index is 2.43. The van der Waals surface area contributed by atoms with E-state index in [1.165, 1.54) is 35.6 Å². The van der Waals surface area contributed by atoms with Gasteiger partial charge in [-0.2, -0.15) is 0 Å². The number of benzene rings is 2. The molecule has 0 bridgehead atoms. The van der Waals surface area contributed by atoms with E-state index >= 15 is 0 Å². The molecule has 0 unspecified atom stereocenters. The summed E-state index contributed by atoms with van der Waals surface area (Å²) >= 11 is 10.7. The predicted molar refractivity (Wildman–Crippen MR) is 89.4 cm³/mol. The van der Waals surface area contributed by atoms with Crippen molar-refractivity contribution in [2.75, 3.05) is 11.4 Å². The molecule has 0 atom stereocenters. The molecule has 2 rings (SSSR count). The summed E-state index contributed by atoms with van der Waals surface area (Å²) in [5.74, 6) is 0. The molecule has 0 amide bonds. The van der Waals surface area contributed by atoms with Gasteiger partial charge < -0.3 is 5.73 Å². The number of hydrogen-bond donors (Lipinski definition) is 1. The quantitative estimate of drug-likeness (QED) is 0.869. The highest BCUT2D eigenvalue weighted by Gasteiger charge is 2.21. The summed E-state index contributed by atoms with van der Waals surface area (Å²) < 4.78 is 26.3. The van der Waals surface area contributed by atoms with E-state index in [9.17, 15) is 8.42 Å². The van der Waals surface area contributed by atoms with Crippen LogP contribution in [0, 0.1) is 0 Å². The summed E-state index contributed by atoms with van der Waals surface area (Å²) in [6, 6.07) is 12.7. The summed E-state index contributed by atoms with van der Waals surface area (Å²) in [6.07, 6.45) is 0. The molecule has 0 saturated carbocycles. The topological polar surface area (TPSA) is 63.4 Å². The van der Waals surface area contributed by atoms with Crippen molar-refractivity contribution in [3.8, 4) is 0 Å². The summed E-state index contributed by atoms with van der Waals surface area (Å²) in [6.45, 7) is 0. The molecule has 2 N–H and O–H groups in total. The molecule has 2 aromatic rings. The van der Waals surface area contributed by atoms with Gasteiger partial charge in [-0.1, -0.05) is 36.0 Å². The molecule has 0 aliphatic heterocycles. The molecule has 0 aromatic heterocycles. The van der Waals surface area contributed by atoms with Crippen LogP contribution in [-0.2, 0) is 10.0 Å². The molecule has 7 heteroatoms. The highest BCUT2D eigenvalue weighted by Crippen LogP contribution is 2.23. The van der Waals surface area contributed by atoms with E-state index in [2.05, 4.69) is 0 Å². The normalized spacial score (nSPS) is 11.1. The Bertz CT molecular complexity index is 774. The van der Waals surface area contributed by atoms with Crippen molar-refractivity contribution >= 4 is 44.5 Å². The lowest BCUT2D eigenvalue weighted by Crippen LogP contribution is -2.26. The van der Waals surface area contributed by atoms with E-state index in [4.69, 9.17) is 29.6 Å². The molecule has 0 radical (unpaired) electrons. The van der Waals surface area contributed by atoms with Crippen LogP contribution in [0.25, 0.3) is 0 Å². The maximum Gasteiger partial charge on any atom is 0.264 e. The first kappa shape index (κ1) is 15.8. The summed E-state index contributed by atoms with van der Waals surface area (Å²) in [7, 11) is -2.19. The van der Waals surface area contributed by atoms with Crippen LogP contribution in [0.5, 0.6) is 0 Å². The number of anilines is 1. The Hall–Kier alpha value is -1.63. The van der Waals surface area contributed by atoms with E-state index in [1.807, 2.05) is 0 Å². The molecular weight excluding hydrogens is 328 g/mol. The Morgan fingerprint density at radius 2 is 1.81 bits per heavy atom. The average Bonchev–Trinajstić information content (AvgIpc) is 2.47. The number of halogens is 1. The van der Waals surface area contributed by atoms with Crippen molar-refractivity contribution in [1.82, 2.24) is 0 Å². The summed E-state index contributed by atoms with van der Waals surface area (Å²) in [5.41, 5.74) is 6.66. The first-order valence-corrected chi connectivity index (χ1v) is 8.19. The van der Waals surface area contributed by atoms with Gasteiger partial charge in [-0.15, -0.1) is 0 Å². The van der Waals surface area contributed by atoms with Crippen LogP contribution < -0.4 is 10.0 Å². The van der Waals surface area contributed by atoms with Crippen molar-refractivity contribution in [1.29, 1.82) is 0 Å². The van der Waals surface area contributed by atoms with Gasteiger partial charge in [0, 0.05) is 17.6 Å². The third-order valence-electron chi connectivity index (χ3n) is 2.97. The van der Waals surface area contributed by atoms with Crippen LogP contribution in [-0.4, -0.2) is 20.5 Å². The van der Waals surface area contributed by atoms with Crippen molar-refractivity contribution in [2.24, 2.45) is 5.73 Å². The second kappa shape index (κ2) is 6.01. The molecule has 0 aliphatic carbocycles. The molecule has 2 aromatic carbocycles. The van der Waals surface area contributed by atoms with Gasteiger partial charge in [-0.05, 0) is 36.4 Å². The maximum atomic E-state index is 12.5. The maximum absolute atomic E-state index is 12.5. The molecular formula is C14H13ClN2O2S2. The molecule has 0 aliphatic rings. The van der Waals surface area contributed by atoms with Crippen LogP contribution in [0.2, 0.25) is 5.02 Å². The minimum atomic E-state index is -3.66. The Morgan fingerprint density at radius 3 is 2.38 bits per heavy atom. The highest BCUT2D eigenvalue weighted by molar-refractivity contribution is 7.92. The highest BCUT2D eigenvalue weighted by atomic mass is 35.5. The first-order chi connectivity index (χ1) is 9.82. The van der Waals surface area contributed by atoms with Gasteiger partial charge in [-0.25, -0.2) is 8.42 Å². The molecule has 21 heavy (non-hydrogen) atoms. The second-order valence-electron chi connectivity index (χ2n) is 4.34. The number of nitrogens with zero attached hydrogens (tertiary/aromatic N) is 1. The minimum Gasteiger partial charge on any atom is -0.389 e. The van der Waals surface area contributed by atoms with Crippen molar-refractivity contribution in [2.45, 2.75) is 4.90 Å². The van der Waals surface area contributed by atoms with Gasteiger partial charge in [-0.3, -0.25) is 4.31 Å². The van der Waals surface area contributed by atoms with Gasteiger partial charge >= 0.3 is 0 Å². The molecule has 0 heterocycles. The molecule has 0 spiro atoms. The van der Waals surface area contributed by atoms with Gasteiger partial charge in [0.05, 0.1) is 10.6 Å². The summed E-state index contributed by atoms with van der Waals surface area (Å²) in [5, 5.41) is 0.479. The van der Waals surface area contributed by atoms with Crippen molar-refractivity contribution < 1.29 is 8.42 Å². The molecule has 0 saturated heterocycles. The zero-order chi connectivity index (χ0) is 15.6. The van der Waals surface area contributed by atoms with Gasteiger partial charge in [0.15, 0.2) is 0 Å². The number of nitrogens with two attached hydrogens (primary N) is 1. The number of hydrogen-bond acceptors (Lipinski definition) is 3. The van der Waals surface area contributed by atoms with E-state index in [0.717, 1.165) is 0 Å². The minimum absolute atomic E-state index is 0.162. The summed E-state index contributed by atoms with van der Waals surface area (Å²) in [4.78, 5) is 0.379. The Morgan fingerprint density at radius 1 is 1.19 bits per heavy atom. The van der Waals surface area contributed by atoms with E-state index in [-0.39, 0.29) is 9.88 Å². The zero-order valence-corrected chi connectivity index (χ0v) is 13.5. The third kappa shape index (κ3) is 3.34. The van der Waals surface area contributed by atoms with E-state index < -0.39 is 10.0 Å². The lowest BCUT2D eigenvalue weighted by atomic mass is 10.2. The van der Waals surface area contributed by atoms with E-state index in [0.29, 0.717) is 16.3 Å². The lowest BCUT2D eigenvalue weighted by Gasteiger charge is -2.20. The lowest BCUT2D eigenvalue weighted by molar-refractivity contribution is 0.594. The van der Waals surface area contributed by atoms with Crippen molar-refractivity contribution in [3.63, 3.8) is 0 Å². The second-order valence-corrected chi connectivity index (χ2v) is 7.19. The molecule has 4 nitrogen and oxygen atoms in total. The monoisotopic (exact) mass is 340 g/mol. The van der Waals surface area contributed by atoms with E-state index in [1.54, 1.807) is 24.3 Å². The standard InChI is InChI=1S/C14H13ClN2O2S2/c1-17(12-4-2-3-10(9-12)14(16)20)21(18,19)13-7-5-11(15)6-8-13/h2-9H,1H3,(H2,16,20). The van der Waals surface area contributed by atoms with Crippen molar-refractivity contribution in [3.05, 3.63) is 59.1 Å². The van der Waals surface area contributed by atoms with Crippen LogP contribution in [0.4, 0.5) is 5.69 Å². The largest absolute Gasteiger partial charge is 0.389 e. The van der Waals surface area contributed by atoms with Gasteiger partial charge in [0.25, 0.3) is 10.0 Å². The fraction of sp³-hybridized carbons (Fsp3) is 0.0714. The number of sulfonamides is 1. The van der Waals surface area contributed by atoms with Gasteiger partial charge in [0.1, 0.15) is 4.99 Å². The van der Waals surface area contributed by atoms with Crippen LogP contribution in [0.1, 0.15) is 5.56 Å². The number of thiocarbonyl (C=S) groups is 1. The van der Waals surface area contributed by atoms with Crippen LogP contribution in [0.15, 0.2) is 53.4 Å². The Kier molecular flexibility index (Phi) is 4.51. The molecule has 0 fully saturated rings. The smallest absolute Gasteiger partial charge is 0.264 e. The predicted octanol–water partition coefficient (Wildman–Crippen LogP) is 2.80. The SMILES string of the molecule is CN(c1cccc(C(N)=S)c1)S(=O)(=O)c1ccc(Cl)cc1. The van der Waals surface area contributed by atoms with Gasteiger partial charge in [0.2, 0.25) is 0 Å². The molecule has 110 valence electrons. The Labute approximate surface area is 134 Å². The van der Waals surface area contributed by atoms with Crippen LogP contribution in [0.3, 0.4) is 0 Å². The zero-order valence-electron chi connectivity index (χ0n) is 11.2.